The summed E-state index contributed by atoms with van der Waals surface area (Å²) >= 11 is 6.61. The first-order chi connectivity index (χ1) is 8.49. The van der Waals surface area contributed by atoms with E-state index in [1.807, 2.05) is 6.92 Å². The zero-order chi connectivity index (χ0) is 13.3. The summed E-state index contributed by atoms with van der Waals surface area (Å²) in [5, 5.41) is 10.8. The summed E-state index contributed by atoms with van der Waals surface area (Å²) in [6, 6.07) is 5.55. The van der Waals surface area contributed by atoms with E-state index in [-0.39, 0.29) is 11.6 Å². The van der Waals surface area contributed by atoms with E-state index in [1.165, 1.54) is 40.9 Å². The second-order valence-electron chi connectivity index (χ2n) is 3.91. The highest BCUT2D eigenvalue weighted by Gasteiger charge is 2.29. The van der Waals surface area contributed by atoms with Crippen molar-refractivity contribution in [3.05, 3.63) is 39.9 Å². The summed E-state index contributed by atoms with van der Waals surface area (Å²) in [6.45, 7) is 2.58. The number of thioether (sulfide) groups is 1. The van der Waals surface area contributed by atoms with Gasteiger partial charge in [0.25, 0.3) is 11.6 Å². The number of rotatable bonds is 2. The smallest absolute Gasteiger partial charge is 0.269 e. The molecule has 5 nitrogen and oxygen atoms in total. The highest BCUT2D eigenvalue weighted by Crippen LogP contribution is 2.27. The van der Waals surface area contributed by atoms with E-state index in [0.29, 0.717) is 21.7 Å². The number of carbonyl (C=O) groups excluding carboxylic acids is 1. The van der Waals surface area contributed by atoms with E-state index in [0.717, 1.165) is 0 Å². The lowest BCUT2D eigenvalue weighted by Crippen LogP contribution is -2.31. The summed E-state index contributed by atoms with van der Waals surface area (Å²) < 4.78 is 0.561. The predicted molar refractivity (Wildman–Crippen MR) is 73.8 cm³/mol. The standard InChI is InChI=1S/C11H10N2O3S2/c1-7-6-12(11(17)18-7)10(14)8-2-4-9(5-3-8)13(15)16/h2-5,7H,6H2,1H3. The minimum atomic E-state index is -0.493. The molecule has 0 bridgehead atoms. The Kier molecular flexibility index (Phi) is 3.63. The van der Waals surface area contributed by atoms with Gasteiger partial charge in [-0.05, 0) is 12.1 Å². The van der Waals surface area contributed by atoms with Gasteiger partial charge in [0.15, 0.2) is 0 Å². The average Bonchev–Trinajstić information content (AvgIpc) is 2.67. The van der Waals surface area contributed by atoms with Crippen LogP contribution in [0.25, 0.3) is 0 Å². The Labute approximate surface area is 113 Å². The number of thiocarbonyl (C=S) groups is 1. The zero-order valence-electron chi connectivity index (χ0n) is 9.53. The van der Waals surface area contributed by atoms with Gasteiger partial charge in [0.1, 0.15) is 4.32 Å². The van der Waals surface area contributed by atoms with Crippen molar-refractivity contribution in [1.82, 2.24) is 4.90 Å². The van der Waals surface area contributed by atoms with E-state index < -0.39 is 4.92 Å². The Morgan fingerprint density at radius 3 is 2.56 bits per heavy atom. The molecule has 1 unspecified atom stereocenters. The molecule has 0 spiro atoms. The first-order valence-corrected chi connectivity index (χ1v) is 6.55. The molecular weight excluding hydrogens is 272 g/mol. The van der Waals surface area contributed by atoms with Crippen molar-refractivity contribution >= 4 is 39.9 Å². The topological polar surface area (TPSA) is 63.5 Å². The van der Waals surface area contributed by atoms with Gasteiger partial charge in [-0.2, -0.15) is 0 Å². The third kappa shape index (κ3) is 2.51. The number of nitrogens with zero attached hydrogens (tertiary/aromatic N) is 2. The van der Waals surface area contributed by atoms with Crippen molar-refractivity contribution in [2.45, 2.75) is 12.2 Å². The van der Waals surface area contributed by atoms with Gasteiger partial charge in [-0.1, -0.05) is 30.9 Å². The largest absolute Gasteiger partial charge is 0.293 e. The Morgan fingerprint density at radius 2 is 2.11 bits per heavy atom. The van der Waals surface area contributed by atoms with Gasteiger partial charge in [0.2, 0.25) is 0 Å². The maximum absolute atomic E-state index is 12.1. The maximum atomic E-state index is 12.1. The third-order valence-corrected chi connectivity index (χ3v) is 4.01. The quantitative estimate of drug-likeness (QED) is 0.473. The van der Waals surface area contributed by atoms with Gasteiger partial charge in [-0.25, -0.2) is 0 Å². The Bertz CT molecular complexity index is 516. The van der Waals surface area contributed by atoms with Gasteiger partial charge < -0.3 is 0 Å². The summed E-state index contributed by atoms with van der Waals surface area (Å²) in [4.78, 5) is 23.7. The van der Waals surface area contributed by atoms with Crippen LogP contribution >= 0.6 is 24.0 Å². The maximum Gasteiger partial charge on any atom is 0.269 e. The monoisotopic (exact) mass is 282 g/mol. The van der Waals surface area contributed by atoms with Gasteiger partial charge >= 0.3 is 0 Å². The Morgan fingerprint density at radius 1 is 1.50 bits per heavy atom. The summed E-state index contributed by atoms with van der Waals surface area (Å²) in [5.74, 6) is -0.202. The van der Waals surface area contributed by atoms with Crippen LogP contribution in [-0.4, -0.2) is 31.8 Å². The molecule has 0 radical (unpaired) electrons. The van der Waals surface area contributed by atoms with Crippen LogP contribution in [0.3, 0.4) is 0 Å². The van der Waals surface area contributed by atoms with Crippen LogP contribution in [-0.2, 0) is 0 Å². The molecule has 1 atom stereocenters. The van der Waals surface area contributed by atoms with Gasteiger partial charge in [0.05, 0.1) is 4.92 Å². The molecule has 1 heterocycles. The first kappa shape index (κ1) is 13.0. The van der Waals surface area contributed by atoms with Crippen molar-refractivity contribution in [1.29, 1.82) is 0 Å². The summed E-state index contributed by atoms with van der Waals surface area (Å²) in [5.41, 5.74) is 0.385. The second-order valence-corrected chi connectivity index (χ2v) is 5.99. The average molecular weight is 282 g/mol. The first-order valence-electron chi connectivity index (χ1n) is 5.26. The van der Waals surface area contributed by atoms with Crippen molar-refractivity contribution in [2.75, 3.05) is 6.54 Å². The van der Waals surface area contributed by atoms with Crippen LogP contribution in [0, 0.1) is 10.1 Å². The van der Waals surface area contributed by atoms with Crippen molar-refractivity contribution in [3.8, 4) is 0 Å². The van der Waals surface area contributed by atoms with E-state index in [2.05, 4.69) is 0 Å². The number of carbonyl (C=O) groups is 1. The zero-order valence-corrected chi connectivity index (χ0v) is 11.2. The van der Waals surface area contributed by atoms with E-state index in [1.54, 1.807) is 0 Å². The van der Waals surface area contributed by atoms with Crippen molar-refractivity contribution < 1.29 is 9.72 Å². The molecule has 1 aromatic carbocycles. The van der Waals surface area contributed by atoms with Crippen molar-refractivity contribution in [2.24, 2.45) is 0 Å². The summed E-state index contributed by atoms with van der Waals surface area (Å²) in [6.07, 6.45) is 0. The predicted octanol–water partition coefficient (Wildman–Crippen LogP) is 2.46. The molecule has 1 aromatic rings. The molecule has 2 rings (SSSR count). The van der Waals surface area contributed by atoms with E-state index >= 15 is 0 Å². The van der Waals surface area contributed by atoms with Gasteiger partial charge in [-0.15, -0.1) is 0 Å². The molecule has 7 heteroatoms. The molecule has 1 amide bonds. The minimum absolute atomic E-state index is 0.0294. The van der Waals surface area contributed by atoms with Crippen LogP contribution in [0.1, 0.15) is 17.3 Å². The molecule has 94 valence electrons. The number of hydrogen-bond donors (Lipinski definition) is 0. The highest BCUT2D eigenvalue weighted by atomic mass is 32.2. The number of nitro groups is 1. The molecule has 0 aliphatic carbocycles. The molecule has 0 N–H and O–H groups in total. The number of benzene rings is 1. The molecule has 0 saturated carbocycles. The number of hydrogen-bond acceptors (Lipinski definition) is 5. The normalized spacial score (nSPS) is 19.1. The Balaban J connectivity index is 2.19. The fourth-order valence-corrected chi connectivity index (χ4v) is 3.15. The van der Waals surface area contributed by atoms with E-state index in [9.17, 15) is 14.9 Å². The highest BCUT2D eigenvalue weighted by molar-refractivity contribution is 8.23. The molecule has 1 fully saturated rings. The lowest BCUT2D eigenvalue weighted by molar-refractivity contribution is -0.384. The second kappa shape index (κ2) is 5.03. The lowest BCUT2D eigenvalue weighted by Gasteiger charge is -2.14. The molecular formula is C11H10N2O3S2. The lowest BCUT2D eigenvalue weighted by atomic mass is 10.2. The molecule has 18 heavy (non-hydrogen) atoms. The van der Waals surface area contributed by atoms with Crippen LogP contribution in [0.2, 0.25) is 0 Å². The van der Waals surface area contributed by atoms with Gasteiger partial charge in [0, 0.05) is 29.5 Å². The Hall–Kier alpha value is -1.47. The molecule has 1 aliphatic heterocycles. The third-order valence-electron chi connectivity index (χ3n) is 2.53. The van der Waals surface area contributed by atoms with Crippen molar-refractivity contribution in [3.63, 3.8) is 0 Å². The fraction of sp³-hybridized carbons (Fsp3) is 0.273. The number of nitro benzene ring substituents is 1. The molecule has 1 aliphatic rings. The molecule has 0 aromatic heterocycles. The van der Waals surface area contributed by atoms with Gasteiger partial charge in [-0.3, -0.25) is 19.8 Å². The minimum Gasteiger partial charge on any atom is -0.293 e. The van der Waals surface area contributed by atoms with Crippen LogP contribution in [0.4, 0.5) is 5.69 Å². The van der Waals surface area contributed by atoms with Crippen LogP contribution in [0.15, 0.2) is 24.3 Å². The van der Waals surface area contributed by atoms with Crippen LogP contribution in [0.5, 0.6) is 0 Å². The number of non-ortho nitro benzene ring substituents is 1. The van der Waals surface area contributed by atoms with E-state index in [4.69, 9.17) is 12.2 Å². The fourth-order valence-electron chi connectivity index (χ4n) is 1.65. The SMILES string of the molecule is CC1CN(C(=O)c2ccc([N+](=O)[O-])cc2)C(=S)S1. The number of amides is 1. The van der Waals surface area contributed by atoms with Crippen LogP contribution < -0.4 is 0 Å². The summed E-state index contributed by atoms with van der Waals surface area (Å²) in [7, 11) is 0. The molecule has 1 saturated heterocycles.